The molecule has 9 nitrogen and oxygen atoms in total. The van der Waals surface area contributed by atoms with Crippen molar-refractivity contribution in [1.29, 1.82) is 0 Å². The van der Waals surface area contributed by atoms with E-state index in [4.69, 9.17) is 18.9 Å². The molecule has 3 saturated heterocycles. The number of fused-ring (bicyclic) bond motifs is 2. The van der Waals surface area contributed by atoms with Gasteiger partial charge in [-0.25, -0.2) is 13.8 Å². The van der Waals surface area contributed by atoms with E-state index in [-0.39, 0.29) is 35.2 Å². The minimum Gasteiger partial charge on any atom is -0.469 e. The Balaban J connectivity index is 1.35. The molecule has 5 atom stereocenters. The van der Waals surface area contributed by atoms with Gasteiger partial charge in [-0.3, -0.25) is 4.21 Å². The van der Waals surface area contributed by atoms with E-state index in [9.17, 15) is 9.32 Å². The molecule has 2 aromatic heterocycles. The first-order valence-corrected chi connectivity index (χ1v) is 13.2. The summed E-state index contributed by atoms with van der Waals surface area (Å²) in [5.41, 5.74) is 1.07. The topological polar surface area (TPSA) is 106 Å². The van der Waals surface area contributed by atoms with Crippen molar-refractivity contribution in [2.24, 2.45) is 0 Å². The minimum absolute atomic E-state index is 0.0785. The number of anilines is 1. The van der Waals surface area contributed by atoms with E-state index in [1.54, 1.807) is 6.07 Å². The summed E-state index contributed by atoms with van der Waals surface area (Å²) < 4.78 is 65.6. The molecular formula is C24H25F2N3O6S. The Morgan fingerprint density at radius 3 is 2.58 bits per heavy atom. The number of benzene rings is 1. The van der Waals surface area contributed by atoms with Crippen LogP contribution in [0.15, 0.2) is 29.2 Å². The van der Waals surface area contributed by atoms with Gasteiger partial charge in [0.2, 0.25) is 5.88 Å². The SMILES string of the molecule is CS(=O)c1c(O[C@@H]2COC3C2OC[C@H]3O)[nH]c2ccc(-c3c(F)cc(N4CCOCC4)cc3F)nc12. The number of nitrogens with one attached hydrogen (secondary N) is 1. The van der Waals surface area contributed by atoms with Crippen LogP contribution in [0.2, 0.25) is 0 Å². The van der Waals surface area contributed by atoms with Crippen molar-refractivity contribution in [3.63, 3.8) is 0 Å². The second-order valence-corrected chi connectivity index (χ2v) is 10.3. The van der Waals surface area contributed by atoms with Crippen LogP contribution in [0.3, 0.4) is 0 Å². The summed E-state index contributed by atoms with van der Waals surface area (Å²) >= 11 is 0. The number of H-pyrrole nitrogens is 1. The zero-order valence-electron chi connectivity index (χ0n) is 19.4. The van der Waals surface area contributed by atoms with Crippen LogP contribution in [0.4, 0.5) is 14.5 Å². The van der Waals surface area contributed by atoms with Crippen LogP contribution >= 0.6 is 0 Å². The fraction of sp³-hybridized carbons (Fsp3) is 0.458. The van der Waals surface area contributed by atoms with E-state index in [0.717, 1.165) is 0 Å². The molecule has 0 bridgehead atoms. The lowest BCUT2D eigenvalue weighted by molar-refractivity contribution is 0.00740. The number of morpholine rings is 1. The third kappa shape index (κ3) is 4.06. The van der Waals surface area contributed by atoms with Gasteiger partial charge >= 0.3 is 0 Å². The Morgan fingerprint density at radius 1 is 1.14 bits per heavy atom. The number of aromatic amines is 1. The lowest BCUT2D eigenvalue weighted by Gasteiger charge is -2.29. The smallest absolute Gasteiger partial charge is 0.210 e. The molecule has 192 valence electrons. The maximum atomic E-state index is 15.2. The number of halogens is 2. The molecule has 3 aromatic rings. The average Bonchev–Trinajstić information content (AvgIpc) is 3.54. The Bertz CT molecular complexity index is 1310. The van der Waals surface area contributed by atoms with Gasteiger partial charge in [-0.1, -0.05) is 0 Å². The molecule has 5 heterocycles. The molecule has 0 radical (unpaired) electrons. The summed E-state index contributed by atoms with van der Waals surface area (Å²) in [6.07, 6.45) is -0.710. The van der Waals surface area contributed by atoms with Crippen molar-refractivity contribution in [2.45, 2.75) is 29.3 Å². The zero-order chi connectivity index (χ0) is 25.0. The molecule has 2 N–H and O–H groups in total. The first-order valence-electron chi connectivity index (χ1n) is 11.7. The lowest BCUT2D eigenvalue weighted by Crippen LogP contribution is -2.36. The highest BCUT2D eigenvalue weighted by Gasteiger charge is 2.48. The van der Waals surface area contributed by atoms with Crippen LogP contribution in [-0.4, -0.2) is 89.5 Å². The van der Waals surface area contributed by atoms with Gasteiger partial charge in [0, 0.05) is 25.0 Å². The standard InChI is InChI=1S/C24H25F2N3O6S/c1-36(31)23-20-16(28-24(23)35-18-11-34-21-17(30)10-33-22(18)21)3-2-15(27-20)19-13(25)8-12(9-14(19)26)29-4-6-32-7-5-29/h2-3,8-9,17-18,21-22,28,30H,4-7,10-11H2,1H3/t17-,18-,21?,22?,36?/m1/s1. The molecule has 6 rings (SSSR count). The summed E-state index contributed by atoms with van der Waals surface area (Å²) in [7, 11) is -1.54. The number of ether oxygens (including phenoxy) is 4. The van der Waals surface area contributed by atoms with Crippen molar-refractivity contribution < 1.29 is 37.0 Å². The van der Waals surface area contributed by atoms with E-state index < -0.39 is 46.8 Å². The normalized spacial score (nSPS) is 26.9. The van der Waals surface area contributed by atoms with Crippen molar-refractivity contribution in [3.05, 3.63) is 35.9 Å². The molecule has 0 amide bonds. The van der Waals surface area contributed by atoms with Crippen LogP contribution in [0, 0.1) is 11.6 Å². The number of rotatable bonds is 5. The first kappa shape index (κ1) is 23.7. The number of hydrogen-bond acceptors (Lipinski definition) is 8. The van der Waals surface area contributed by atoms with Gasteiger partial charge in [-0.05, 0) is 24.3 Å². The second kappa shape index (κ2) is 9.34. The first-order chi connectivity index (χ1) is 17.4. The Morgan fingerprint density at radius 2 is 1.86 bits per heavy atom. The van der Waals surface area contributed by atoms with Gasteiger partial charge in [0.25, 0.3) is 0 Å². The van der Waals surface area contributed by atoms with Gasteiger partial charge in [0.05, 0.1) is 54.0 Å². The van der Waals surface area contributed by atoms with Gasteiger partial charge < -0.3 is 33.9 Å². The molecule has 0 saturated carbocycles. The highest BCUT2D eigenvalue weighted by molar-refractivity contribution is 7.84. The summed E-state index contributed by atoms with van der Waals surface area (Å²) in [6.45, 7) is 2.46. The highest BCUT2D eigenvalue weighted by atomic mass is 32.2. The van der Waals surface area contributed by atoms with E-state index >= 15 is 8.78 Å². The minimum atomic E-state index is -1.54. The monoisotopic (exact) mass is 521 g/mol. The van der Waals surface area contributed by atoms with Crippen LogP contribution in [0.1, 0.15) is 0 Å². The molecule has 0 aliphatic carbocycles. The highest BCUT2D eigenvalue weighted by Crippen LogP contribution is 2.37. The van der Waals surface area contributed by atoms with Gasteiger partial charge in [0.15, 0.2) is 6.10 Å². The molecule has 12 heteroatoms. The second-order valence-electron chi connectivity index (χ2n) is 9.03. The molecule has 1 aromatic carbocycles. The maximum absolute atomic E-state index is 15.2. The van der Waals surface area contributed by atoms with Crippen molar-refractivity contribution in [3.8, 4) is 17.1 Å². The maximum Gasteiger partial charge on any atom is 0.210 e. The summed E-state index contributed by atoms with van der Waals surface area (Å²) in [5, 5.41) is 9.97. The predicted octanol–water partition coefficient (Wildman–Crippen LogP) is 1.99. The van der Waals surface area contributed by atoms with E-state index in [1.807, 2.05) is 4.90 Å². The van der Waals surface area contributed by atoms with Crippen molar-refractivity contribution >= 4 is 27.5 Å². The molecule has 0 spiro atoms. The van der Waals surface area contributed by atoms with E-state index in [1.165, 1.54) is 24.5 Å². The van der Waals surface area contributed by atoms with Crippen molar-refractivity contribution in [1.82, 2.24) is 9.97 Å². The quantitative estimate of drug-likeness (QED) is 0.525. The van der Waals surface area contributed by atoms with Gasteiger partial charge in [-0.15, -0.1) is 0 Å². The zero-order valence-corrected chi connectivity index (χ0v) is 20.2. The number of hydrogen-bond donors (Lipinski definition) is 2. The van der Waals surface area contributed by atoms with Gasteiger partial charge in [-0.2, -0.15) is 0 Å². The predicted molar refractivity (Wildman–Crippen MR) is 127 cm³/mol. The molecule has 3 aliphatic heterocycles. The lowest BCUT2D eigenvalue weighted by atomic mass is 10.1. The van der Waals surface area contributed by atoms with Crippen LogP contribution in [0.25, 0.3) is 22.3 Å². The summed E-state index contributed by atoms with van der Waals surface area (Å²) in [6, 6.07) is 5.73. The third-order valence-electron chi connectivity index (χ3n) is 6.76. The van der Waals surface area contributed by atoms with Crippen LogP contribution in [0.5, 0.6) is 5.88 Å². The molecule has 3 aliphatic rings. The fourth-order valence-electron chi connectivity index (χ4n) is 5.01. The number of aliphatic hydroxyl groups excluding tert-OH is 1. The number of nitrogens with zero attached hydrogens (tertiary/aromatic N) is 2. The molecule has 3 fully saturated rings. The average molecular weight is 522 g/mol. The fourth-order valence-corrected chi connectivity index (χ4v) is 5.80. The van der Waals surface area contributed by atoms with Crippen molar-refractivity contribution in [2.75, 3.05) is 50.7 Å². The largest absolute Gasteiger partial charge is 0.469 e. The summed E-state index contributed by atoms with van der Waals surface area (Å²) in [4.78, 5) is 9.70. The van der Waals surface area contributed by atoms with E-state index in [0.29, 0.717) is 43.0 Å². The Kier molecular flexibility index (Phi) is 6.16. The van der Waals surface area contributed by atoms with Crippen LogP contribution in [-0.2, 0) is 25.0 Å². The Hall–Kier alpha value is -2.64. The molecular weight excluding hydrogens is 496 g/mol. The Labute approximate surface area is 207 Å². The van der Waals surface area contributed by atoms with E-state index in [2.05, 4.69) is 9.97 Å². The summed E-state index contributed by atoms with van der Waals surface area (Å²) in [5.74, 6) is -1.25. The van der Waals surface area contributed by atoms with Gasteiger partial charge in [0.1, 0.15) is 40.4 Å². The number of aliphatic hydroxyl groups is 1. The third-order valence-corrected chi connectivity index (χ3v) is 7.72. The van der Waals surface area contributed by atoms with Crippen LogP contribution < -0.4 is 9.64 Å². The molecule has 36 heavy (non-hydrogen) atoms. The molecule has 3 unspecified atom stereocenters. The number of pyridine rings is 1. The number of aromatic nitrogens is 2.